The molecule has 3 rings (SSSR count). The quantitative estimate of drug-likeness (QED) is 0.872. The molecule has 0 aliphatic carbocycles. The van der Waals surface area contributed by atoms with Crippen LogP contribution in [0.25, 0.3) is 0 Å². The molecule has 0 unspecified atom stereocenters. The van der Waals surface area contributed by atoms with Crippen molar-refractivity contribution in [1.29, 1.82) is 0 Å². The molecular formula is C15H20N4OS. The zero-order chi connectivity index (χ0) is 14.7. The number of rotatable bonds is 4. The van der Waals surface area contributed by atoms with Crippen molar-refractivity contribution < 1.29 is 4.79 Å². The van der Waals surface area contributed by atoms with Gasteiger partial charge >= 0.3 is 0 Å². The van der Waals surface area contributed by atoms with Crippen LogP contribution in [0.3, 0.4) is 0 Å². The molecule has 112 valence electrons. The van der Waals surface area contributed by atoms with Gasteiger partial charge in [-0.25, -0.2) is 9.97 Å². The molecule has 2 aromatic heterocycles. The van der Waals surface area contributed by atoms with Crippen LogP contribution in [-0.4, -0.2) is 38.4 Å². The molecule has 1 amide bonds. The van der Waals surface area contributed by atoms with Crippen molar-refractivity contribution >= 4 is 17.2 Å². The van der Waals surface area contributed by atoms with Crippen molar-refractivity contribution in [2.24, 2.45) is 0 Å². The van der Waals surface area contributed by atoms with Crippen molar-refractivity contribution in [1.82, 2.24) is 19.4 Å². The maximum Gasteiger partial charge on any atom is 0.224 e. The van der Waals surface area contributed by atoms with Crippen molar-refractivity contribution in [3.05, 3.63) is 34.8 Å². The molecule has 1 aliphatic heterocycles. The third kappa shape index (κ3) is 3.50. The highest BCUT2D eigenvalue weighted by atomic mass is 32.1. The normalized spacial score (nSPS) is 18.9. The predicted octanol–water partition coefficient (Wildman–Crippen LogP) is 2.44. The molecule has 2 aromatic rings. The SMILES string of the molecule is Cc1csc([C@H]2CCCN(C(=O)CCn3ccnc3)C2)n1. The van der Waals surface area contributed by atoms with E-state index in [9.17, 15) is 4.79 Å². The first kappa shape index (κ1) is 14.3. The van der Waals surface area contributed by atoms with E-state index in [0.717, 1.165) is 31.6 Å². The van der Waals surface area contributed by atoms with Crippen LogP contribution >= 0.6 is 11.3 Å². The fourth-order valence-electron chi connectivity index (χ4n) is 2.77. The molecule has 0 spiro atoms. The Morgan fingerprint density at radius 1 is 1.52 bits per heavy atom. The van der Waals surface area contributed by atoms with Crippen LogP contribution in [0.2, 0.25) is 0 Å². The van der Waals surface area contributed by atoms with Crippen LogP contribution in [0, 0.1) is 6.92 Å². The summed E-state index contributed by atoms with van der Waals surface area (Å²) in [6.07, 6.45) is 8.14. The number of carbonyl (C=O) groups excluding carboxylic acids is 1. The number of hydrogen-bond donors (Lipinski definition) is 0. The number of hydrogen-bond acceptors (Lipinski definition) is 4. The predicted molar refractivity (Wildman–Crippen MR) is 82.3 cm³/mol. The van der Waals surface area contributed by atoms with E-state index in [0.29, 0.717) is 18.9 Å². The molecule has 1 saturated heterocycles. The van der Waals surface area contributed by atoms with Gasteiger partial charge in [-0.05, 0) is 19.8 Å². The van der Waals surface area contributed by atoms with Crippen LogP contribution in [0.15, 0.2) is 24.1 Å². The van der Waals surface area contributed by atoms with Gasteiger partial charge in [-0.1, -0.05) is 0 Å². The minimum absolute atomic E-state index is 0.238. The monoisotopic (exact) mass is 304 g/mol. The smallest absolute Gasteiger partial charge is 0.224 e. The van der Waals surface area contributed by atoms with Crippen LogP contribution < -0.4 is 0 Å². The number of likely N-dealkylation sites (tertiary alicyclic amines) is 1. The van der Waals surface area contributed by atoms with E-state index < -0.39 is 0 Å². The van der Waals surface area contributed by atoms with Crippen LogP contribution in [-0.2, 0) is 11.3 Å². The lowest BCUT2D eigenvalue weighted by molar-refractivity contribution is -0.132. The molecule has 0 bridgehead atoms. The largest absolute Gasteiger partial charge is 0.342 e. The lowest BCUT2D eigenvalue weighted by Gasteiger charge is -2.32. The van der Waals surface area contributed by atoms with Gasteiger partial charge in [0.1, 0.15) is 0 Å². The highest BCUT2D eigenvalue weighted by Gasteiger charge is 2.26. The molecule has 1 fully saturated rings. The van der Waals surface area contributed by atoms with Gasteiger partial charge < -0.3 is 9.47 Å². The zero-order valence-electron chi connectivity index (χ0n) is 12.2. The van der Waals surface area contributed by atoms with Crippen LogP contribution in [0.5, 0.6) is 0 Å². The highest BCUT2D eigenvalue weighted by molar-refractivity contribution is 7.09. The zero-order valence-corrected chi connectivity index (χ0v) is 13.1. The number of imidazole rings is 1. The van der Waals surface area contributed by atoms with Gasteiger partial charge in [-0.2, -0.15) is 0 Å². The van der Waals surface area contributed by atoms with Gasteiger partial charge in [0.2, 0.25) is 5.91 Å². The topological polar surface area (TPSA) is 51.0 Å². The minimum Gasteiger partial charge on any atom is -0.342 e. The number of amides is 1. The molecule has 0 saturated carbocycles. The van der Waals surface area contributed by atoms with Gasteiger partial charge in [0, 0.05) is 55.4 Å². The molecule has 1 atom stereocenters. The Hall–Kier alpha value is -1.69. The van der Waals surface area contributed by atoms with Crippen molar-refractivity contribution in [2.45, 2.75) is 38.6 Å². The van der Waals surface area contributed by atoms with Gasteiger partial charge in [0.15, 0.2) is 0 Å². The van der Waals surface area contributed by atoms with Gasteiger partial charge in [-0.15, -0.1) is 11.3 Å². The standard InChI is InChI=1S/C15H20N4OS/c1-12-10-21-15(17-12)13-3-2-6-19(9-13)14(20)4-7-18-8-5-16-11-18/h5,8,10-11,13H,2-4,6-7,9H2,1H3/t13-/m0/s1. The Bertz CT molecular complexity index is 593. The second-order valence-electron chi connectivity index (χ2n) is 5.56. The highest BCUT2D eigenvalue weighted by Crippen LogP contribution is 2.29. The summed E-state index contributed by atoms with van der Waals surface area (Å²) in [6, 6.07) is 0. The third-order valence-corrected chi connectivity index (χ3v) is 5.03. The van der Waals surface area contributed by atoms with E-state index in [2.05, 4.69) is 15.3 Å². The van der Waals surface area contributed by atoms with Crippen LogP contribution in [0.1, 0.15) is 35.9 Å². The summed E-state index contributed by atoms with van der Waals surface area (Å²) in [4.78, 5) is 22.9. The summed E-state index contributed by atoms with van der Waals surface area (Å²) in [5, 5.41) is 3.27. The molecule has 0 aromatic carbocycles. The first-order chi connectivity index (χ1) is 10.2. The van der Waals surface area contributed by atoms with Gasteiger partial charge in [-0.3, -0.25) is 4.79 Å². The summed E-state index contributed by atoms with van der Waals surface area (Å²) in [6.45, 7) is 4.42. The molecule has 21 heavy (non-hydrogen) atoms. The third-order valence-electron chi connectivity index (χ3n) is 3.90. The van der Waals surface area contributed by atoms with Crippen molar-refractivity contribution in [3.8, 4) is 0 Å². The van der Waals surface area contributed by atoms with E-state index in [1.807, 2.05) is 22.6 Å². The van der Waals surface area contributed by atoms with Gasteiger partial charge in [0.25, 0.3) is 0 Å². The fraction of sp³-hybridized carbons (Fsp3) is 0.533. The summed E-state index contributed by atoms with van der Waals surface area (Å²) in [5.41, 5.74) is 1.08. The first-order valence-electron chi connectivity index (χ1n) is 7.38. The lowest BCUT2D eigenvalue weighted by atomic mass is 9.98. The summed E-state index contributed by atoms with van der Waals surface area (Å²) in [5.74, 6) is 0.649. The number of aryl methyl sites for hydroxylation is 2. The van der Waals surface area contributed by atoms with Gasteiger partial charge in [0.05, 0.1) is 11.3 Å². The Kier molecular flexibility index (Phi) is 4.34. The maximum atomic E-state index is 12.4. The molecular weight excluding hydrogens is 284 g/mol. The fourth-order valence-corrected chi connectivity index (χ4v) is 3.69. The summed E-state index contributed by atoms with van der Waals surface area (Å²) < 4.78 is 1.95. The van der Waals surface area contributed by atoms with Crippen molar-refractivity contribution in [2.75, 3.05) is 13.1 Å². The number of thiazole rings is 1. The number of nitrogens with zero attached hydrogens (tertiary/aromatic N) is 4. The number of aromatic nitrogens is 3. The second-order valence-corrected chi connectivity index (χ2v) is 6.45. The van der Waals surface area contributed by atoms with E-state index >= 15 is 0 Å². The van der Waals surface area contributed by atoms with E-state index in [1.54, 1.807) is 23.9 Å². The molecule has 1 aliphatic rings. The van der Waals surface area contributed by atoms with E-state index in [1.165, 1.54) is 5.01 Å². The number of carbonyl (C=O) groups is 1. The molecule has 6 heteroatoms. The molecule has 5 nitrogen and oxygen atoms in total. The van der Waals surface area contributed by atoms with Crippen molar-refractivity contribution in [3.63, 3.8) is 0 Å². The van der Waals surface area contributed by atoms with E-state index in [-0.39, 0.29) is 5.91 Å². The van der Waals surface area contributed by atoms with E-state index in [4.69, 9.17) is 0 Å². The Labute approximate surface area is 128 Å². The Morgan fingerprint density at radius 2 is 2.43 bits per heavy atom. The minimum atomic E-state index is 0.238. The molecule has 0 radical (unpaired) electrons. The second kappa shape index (κ2) is 6.39. The molecule has 0 N–H and O–H groups in total. The summed E-state index contributed by atoms with van der Waals surface area (Å²) >= 11 is 1.72. The first-order valence-corrected chi connectivity index (χ1v) is 8.26. The Morgan fingerprint density at radius 3 is 3.14 bits per heavy atom. The van der Waals surface area contributed by atoms with Crippen LogP contribution in [0.4, 0.5) is 0 Å². The summed E-state index contributed by atoms with van der Waals surface area (Å²) in [7, 11) is 0. The average Bonchev–Trinajstić information content (AvgIpc) is 3.16. The Balaban J connectivity index is 1.56. The lowest BCUT2D eigenvalue weighted by Crippen LogP contribution is -2.39. The molecule has 3 heterocycles. The number of piperidine rings is 1. The maximum absolute atomic E-state index is 12.4. The average molecular weight is 304 g/mol.